The molecule has 0 aromatic carbocycles. The van der Waals surface area contributed by atoms with Gasteiger partial charge in [-0.15, -0.1) is 0 Å². The van der Waals surface area contributed by atoms with Crippen molar-refractivity contribution in [1.29, 1.82) is 0 Å². The van der Waals surface area contributed by atoms with Gasteiger partial charge in [0.25, 0.3) is 0 Å². The fourth-order valence-corrected chi connectivity index (χ4v) is 1.28. The summed E-state index contributed by atoms with van der Waals surface area (Å²) in [6.07, 6.45) is 3.08. The van der Waals surface area contributed by atoms with E-state index in [0.717, 1.165) is 19.6 Å². The van der Waals surface area contributed by atoms with E-state index < -0.39 is 0 Å². The van der Waals surface area contributed by atoms with E-state index >= 15 is 0 Å². The molecule has 0 aromatic heterocycles. The minimum Gasteiger partial charge on any atom is -0.377 e. The van der Waals surface area contributed by atoms with Gasteiger partial charge < -0.3 is 9.64 Å². The molecular weight excluding hydrogens is 152 g/mol. The van der Waals surface area contributed by atoms with Crippen LogP contribution < -0.4 is 5.32 Å². The van der Waals surface area contributed by atoms with E-state index in [2.05, 4.69) is 18.8 Å². The number of hydrogen-bond acceptors (Lipinski definition) is 3. The first-order chi connectivity index (χ1) is 5.72. The summed E-state index contributed by atoms with van der Waals surface area (Å²) in [6.45, 7) is 7.61. The first kappa shape index (κ1) is 9.55. The van der Waals surface area contributed by atoms with E-state index in [4.69, 9.17) is 4.74 Å². The maximum Gasteiger partial charge on any atom is 0.125 e. The van der Waals surface area contributed by atoms with Crippen LogP contribution in [0.1, 0.15) is 13.3 Å². The third kappa shape index (κ3) is 2.83. The lowest BCUT2D eigenvalue weighted by atomic mass is 10.2. The zero-order valence-corrected chi connectivity index (χ0v) is 7.92. The van der Waals surface area contributed by atoms with Crippen LogP contribution in [-0.2, 0) is 4.74 Å². The van der Waals surface area contributed by atoms with E-state index in [9.17, 15) is 0 Å². The van der Waals surface area contributed by atoms with Crippen LogP contribution in [0.2, 0.25) is 0 Å². The highest BCUT2D eigenvalue weighted by molar-refractivity contribution is 4.75. The average molecular weight is 170 g/mol. The van der Waals surface area contributed by atoms with Crippen LogP contribution in [0.5, 0.6) is 0 Å². The molecule has 1 aliphatic rings. The van der Waals surface area contributed by atoms with E-state index in [1.807, 2.05) is 18.1 Å². The van der Waals surface area contributed by atoms with Crippen molar-refractivity contribution in [2.24, 2.45) is 0 Å². The predicted molar refractivity (Wildman–Crippen MR) is 49.8 cm³/mol. The Morgan fingerprint density at radius 2 is 2.50 bits per heavy atom. The SMILES string of the molecule is C=CN(C)CC1NC(C)CCO1. The summed E-state index contributed by atoms with van der Waals surface area (Å²) in [6, 6.07) is 0.571. The number of ether oxygens (including phenoxy) is 1. The van der Waals surface area contributed by atoms with Gasteiger partial charge in [0.2, 0.25) is 0 Å². The first-order valence-electron chi connectivity index (χ1n) is 4.43. The Hall–Kier alpha value is -0.540. The lowest BCUT2D eigenvalue weighted by molar-refractivity contribution is -0.0247. The molecular formula is C9H18N2O. The van der Waals surface area contributed by atoms with E-state index in [1.165, 1.54) is 0 Å². The van der Waals surface area contributed by atoms with Gasteiger partial charge in [-0.05, 0) is 19.5 Å². The van der Waals surface area contributed by atoms with Crippen LogP contribution in [0.3, 0.4) is 0 Å². The Bertz CT molecular complexity index is 149. The zero-order chi connectivity index (χ0) is 8.97. The van der Waals surface area contributed by atoms with Crippen molar-refractivity contribution in [2.75, 3.05) is 20.2 Å². The fraction of sp³-hybridized carbons (Fsp3) is 0.778. The highest BCUT2D eigenvalue weighted by Gasteiger charge is 2.18. The molecule has 1 saturated heterocycles. The third-order valence-corrected chi connectivity index (χ3v) is 2.11. The van der Waals surface area contributed by atoms with E-state index in [0.29, 0.717) is 6.04 Å². The Morgan fingerprint density at radius 3 is 3.08 bits per heavy atom. The lowest BCUT2D eigenvalue weighted by Crippen LogP contribution is -2.48. The first-order valence-corrected chi connectivity index (χ1v) is 4.43. The van der Waals surface area contributed by atoms with Crippen LogP contribution in [-0.4, -0.2) is 37.4 Å². The summed E-state index contributed by atoms with van der Waals surface area (Å²) in [4.78, 5) is 2.02. The molecule has 0 bridgehead atoms. The van der Waals surface area contributed by atoms with Gasteiger partial charge in [0.1, 0.15) is 6.23 Å². The maximum atomic E-state index is 5.52. The average Bonchev–Trinajstić information content (AvgIpc) is 2.04. The van der Waals surface area contributed by atoms with Crippen molar-refractivity contribution in [3.05, 3.63) is 12.8 Å². The van der Waals surface area contributed by atoms with Crippen molar-refractivity contribution in [3.63, 3.8) is 0 Å². The molecule has 0 saturated carbocycles. The van der Waals surface area contributed by atoms with E-state index in [-0.39, 0.29) is 6.23 Å². The number of likely N-dealkylation sites (N-methyl/N-ethyl adjacent to an activating group) is 1. The zero-order valence-electron chi connectivity index (χ0n) is 7.92. The van der Waals surface area contributed by atoms with E-state index in [1.54, 1.807) is 0 Å². The van der Waals surface area contributed by atoms with Crippen molar-refractivity contribution in [3.8, 4) is 0 Å². The minimum absolute atomic E-state index is 0.164. The summed E-state index contributed by atoms with van der Waals surface area (Å²) in [5, 5.41) is 3.37. The molecule has 0 aromatic rings. The Morgan fingerprint density at radius 1 is 1.75 bits per heavy atom. The quantitative estimate of drug-likeness (QED) is 0.677. The van der Waals surface area contributed by atoms with Gasteiger partial charge in [-0.25, -0.2) is 0 Å². The standard InChI is InChI=1S/C9H18N2O/c1-4-11(3)7-9-10-8(2)5-6-12-9/h4,8-10H,1,5-7H2,2-3H3. The second kappa shape index (κ2) is 4.48. The lowest BCUT2D eigenvalue weighted by Gasteiger charge is -2.31. The second-order valence-electron chi connectivity index (χ2n) is 3.34. The molecule has 1 N–H and O–H groups in total. The Balaban J connectivity index is 2.26. The number of hydrogen-bond donors (Lipinski definition) is 1. The molecule has 0 radical (unpaired) electrons. The molecule has 3 heteroatoms. The number of rotatable bonds is 3. The van der Waals surface area contributed by atoms with Gasteiger partial charge in [0, 0.05) is 13.1 Å². The molecule has 12 heavy (non-hydrogen) atoms. The van der Waals surface area contributed by atoms with Crippen LogP contribution in [0.25, 0.3) is 0 Å². The summed E-state index contributed by atoms with van der Waals surface area (Å²) in [5.74, 6) is 0. The van der Waals surface area contributed by atoms with Crippen LogP contribution >= 0.6 is 0 Å². The molecule has 0 amide bonds. The molecule has 0 spiro atoms. The maximum absolute atomic E-state index is 5.52. The van der Waals surface area contributed by atoms with Crippen molar-refractivity contribution in [1.82, 2.24) is 10.2 Å². The monoisotopic (exact) mass is 170 g/mol. The fourth-order valence-electron chi connectivity index (χ4n) is 1.28. The molecule has 0 aliphatic carbocycles. The van der Waals surface area contributed by atoms with Crippen LogP contribution in [0.15, 0.2) is 12.8 Å². The second-order valence-corrected chi connectivity index (χ2v) is 3.34. The number of nitrogens with one attached hydrogen (secondary N) is 1. The van der Waals surface area contributed by atoms with Crippen LogP contribution in [0.4, 0.5) is 0 Å². The summed E-state index contributed by atoms with van der Waals surface area (Å²) in [5.41, 5.74) is 0. The molecule has 70 valence electrons. The van der Waals surface area contributed by atoms with Crippen molar-refractivity contribution >= 4 is 0 Å². The molecule has 2 atom stereocenters. The smallest absolute Gasteiger partial charge is 0.125 e. The van der Waals surface area contributed by atoms with Gasteiger partial charge >= 0.3 is 0 Å². The molecule has 1 aliphatic heterocycles. The van der Waals surface area contributed by atoms with Gasteiger partial charge in [-0.2, -0.15) is 0 Å². The van der Waals surface area contributed by atoms with Gasteiger partial charge in [0.15, 0.2) is 0 Å². The molecule has 1 heterocycles. The van der Waals surface area contributed by atoms with Crippen molar-refractivity contribution < 1.29 is 4.74 Å². The van der Waals surface area contributed by atoms with Gasteiger partial charge in [-0.1, -0.05) is 6.58 Å². The highest BCUT2D eigenvalue weighted by atomic mass is 16.5. The summed E-state index contributed by atoms with van der Waals surface area (Å²) < 4.78 is 5.52. The topological polar surface area (TPSA) is 24.5 Å². The van der Waals surface area contributed by atoms with Gasteiger partial charge in [-0.3, -0.25) is 5.32 Å². The third-order valence-electron chi connectivity index (χ3n) is 2.11. The Kier molecular flexibility index (Phi) is 3.56. The van der Waals surface area contributed by atoms with Gasteiger partial charge in [0.05, 0.1) is 13.2 Å². The number of nitrogens with zero attached hydrogens (tertiary/aromatic N) is 1. The summed E-state index contributed by atoms with van der Waals surface area (Å²) in [7, 11) is 2.00. The largest absolute Gasteiger partial charge is 0.377 e. The molecule has 3 nitrogen and oxygen atoms in total. The minimum atomic E-state index is 0.164. The molecule has 1 fully saturated rings. The van der Waals surface area contributed by atoms with Crippen molar-refractivity contribution in [2.45, 2.75) is 25.6 Å². The molecule has 1 rings (SSSR count). The molecule has 2 unspecified atom stereocenters. The summed E-state index contributed by atoms with van der Waals surface area (Å²) >= 11 is 0. The Labute approximate surface area is 74.4 Å². The predicted octanol–water partition coefficient (Wildman–Crippen LogP) is 0.786. The van der Waals surface area contributed by atoms with Crippen LogP contribution in [0, 0.1) is 0 Å². The highest BCUT2D eigenvalue weighted by Crippen LogP contribution is 2.04. The normalized spacial score (nSPS) is 29.8.